The minimum atomic E-state index is -4.39. The van der Waals surface area contributed by atoms with Crippen LogP contribution >= 0.6 is 11.3 Å². The van der Waals surface area contributed by atoms with Gasteiger partial charge in [-0.1, -0.05) is 6.07 Å². The third kappa shape index (κ3) is 2.51. The molecule has 7 heteroatoms. The highest BCUT2D eigenvalue weighted by molar-refractivity contribution is 7.07. The molecule has 0 bridgehead atoms. The largest absolute Gasteiger partial charge is 0.416 e. The highest BCUT2D eigenvalue weighted by Gasteiger charge is 2.30. The fourth-order valence-corrected chi connectivity index (χ4v) is 2.13. The lowest BCUT2D eigenvalue weighted by Crippen LogP contribution is -2.13. The van der Waals surface area contributed by atoms with E-state index in [9.17, 15) is 18.0 Å². The van der Waals surface area contributed by atoms with Crippen molar-refractivity contribution in [1.82, 2.24) is 4.57 Å². The first kappa shape index (κ1) is 12.6. The lowest BCUT2D eigenvalue weighted by molar-refractivity contribution is -0.137. The van der Waals surface area contributed by atoms with Gasteiger partial charge >= 0.3 is 6.18 Å². The van der Waals surface area contributed by atoms with Gasteiger partial charge < -0.3 is 0 Å². The van der Waals surface area contributed by atoms with Gasteiger partial charge in [0.05, 0.1) is 5.56 Å². The van der Waals surface area contributed by atoms with Crippen molar-refractivity contribution in [3.8, 4) is 5.69 Å². The second kappa shape index (κ2) is 4.77. The molecule has 1 heterocycles. The van der Waals surface area contributed by atoms with Gasteiger partial charge in [-0.25, -0.2) is 0 Å². The Kier molecular flexibility index (Phi) is 3.33. The molecular weight excluding hydrogens is 265 g/mol. The third-order valence-electron chi connectivity index (χ3n) is 2.20. The molecule has 18 heavy (non-hydrogen) atoms. The summed E-state index contributed by atoms with van der Waals surface area (Å²) in [4.78, 5) is 14.2. The van der Waals surface area contributed by atoms with Gasteiger partial charge in [0.1, 0.15) is 0 Å². The normalized spacial score (nSPS) is 12.7. The number of carbonyl (C=O) groups excluding carboxylic acids is 1. The van der Waals surface area contributed by atoms with Gasteiger partial charge in [0.25, 0.3) is 0 Å². The number of rotatable bonds is 2. The zero-order valence-corrected chi connectivity index (χ0v) is 9.70. The van der Waals surface area contributed by atoms with Crippen LogP contribution < -0.4 is 4.80 Å². The number of hydrogen-bond acceptors (Lipinski definition) is 2. The van der Waals surface area contributed by atoms with E-state index >= 15 is 0 Å². The molecule has 0 aliphatic heterocycles. The minimum Gasteiger partial charge on any atom is -0.292 e. The van der Waals surface area contributed by atoms with Gasteiger partial charge in [-0.15, -0.1) is 11.3 Å². The first-order valence-electron chi connectivity index (χ1n) is 4.83. The van der Waals surface area contributed by atoms with Crippen molar-refractivity contribution in [2.24, 2.45) is 4.99 Å². The standard InChI is InChI=1S/C11H7F3N2OS/c12-11(13,14)8-2-1-3-9(6-8)16-4-5-18-10(16)15-7-17/h1-7H. The van der Waals surface area contributed by atoms with Crippen molar-refractivity contribution in [3.05, 3.63) is 46.2 Å². The molecule has 94 valence electrons. The molecule has 0 aliphatic rings. The van der Waals surface area contributed by atoms with E-state index in [0.717, 1.165) is 12.1 Å². The number of thiazole rings is 1. The summed E-state index contributed by atoms with van der Waals surface area (Å²) >= 11 is 1.17. The Bertz CT molecular complexity index is 627. The first-order valence-corrected chi connectivity index (χ1v) is 5.71. The van der Waals surface area contributed by atoms with Crippen LogP contribution in [-0.4, -0.2) is 11.0 Å². The first-order chi connectivity index (χ1) is 8.52. The second-order valence-electron chi connectivity index (χ2n) is 3.34. The van der Waals surface area contributed by atoms with Gasteiger partial charge in [-0.2, -0.15) is 18.2 Å². The summed E-state index contributed by atoms with van der Waals surface area (Å²) in [6.45, 7) is 0. The van der Waals surface area contributed by atoms with Crippen molar-refractivity contribution < 1.29 is 18.0 Å². The highest BCUT2D eigenvalue weighted by atomic mass is 32.1. The van der Waals surface area contributed by atoms with Gasteiger partial charge in [0.2, 0.25) is 6.41 Å². The number of halogens is 3. The van der Waals surface area contributed by atoms with Crippen LogP contribution in [0.25, 0.3) is 5.69 Å². The van der Waals surface area contributed by atoms with Crippen molar-refractivity contribution in [2.75, 3.05) is 0 Å². The fraction of sp³-hybridized carbons (Fsp3) is 0.0909. The minimum absolute atomic E-state index is 0.312. The van der Waals surface area contributed by atoms with Crippen LogP contribution in [0.1, 0.15) is 5.56 Å². The number of alkyl halides is 3. The Morgan fingerprint density at radius 1 is 1.33 bits per heavy atom. The molecule has 1 aromatic carbocycles. The summed E-state index contributed by atoms with van der Waals surface area (Å²) < 4.78 is 39.1. The topological polar surface area (TPSA) is 34.4 Å². The van der Waals surface area contributed by atoms with E-state index in [1.54, 1.807) is 11.6 Å². The van der Waals surface area contributed by atoms with Crippen molar-refractivity contribution in [3.63, 3.8) is 0 Å². The van der Waals surface area contributed by atoms with Crippen LogP contribution in [0.5, 0.6) is 0 Å². The number of nitrogens with zero attached hydrogens (tertiary/aromatic N) is 2. The van der Waals surface area contributed by atoms with E-state index in [2.05, 4.69) is 4.99 Å². The van der Waals surface area contributed by atoms with E-state index in [4.69, 9.17) is 0 Å². The maximum atomic E-state index is 12.6. The SMILES string of the molecule is O=CN=c1sccn1-c1cccc(C(F)(F)F)c1. The number of carbonyl (C=O) groups is 1. The molecule has 1 aromatic heterocycles. The predicted molar refractivity (Wildman–Crippen MR) is 60.3 cm³/mol. The average molecular weight is 272 g/mol. The quantitative estimate of drug-likeness (QED) is 0.774. The summed E-state index contributed by atoms with van der Waals surface area (Å²) in [7, 11) is 0. The average Bonchev–Trinajstić information content (AvgIpc) is 2.77. The number of benzene rings is 1. The Morgan fingerprint density at radius 3 is 2.78 bits per heavy atom. The Labute approximate surface area is 104 Å². The molecule has 0 aliphatic carbocycles. The number of hydrogen-bond donors (Lipinski definition) is 0. The van der Waals surface area contributed by atoms with E-state index in [0.29, 0.717) is 16.9 Å². The van der Waals surface area contributed by atoms with Gasteiger partial charge in [0, 0.05) is 17.3 Å². The van der Waals surface area contributed by atoms with Gasteiger partial charge in [-0.05, 0) is 18.2 Å². The molecule has 2 rings (SSSR count). The Balaban J connectivity index is 2.55. The Morgan fingerprint density at radius 2 is 2.11 bits per heavy atom. The maximum absolute atomic E-state index is 12.6. The molecule has 0 fully saturated rings. The molecule has 0 radical (unpaired) electrons. The lowest BCUT2D eigenvalue weighted by atomic mass is 10.2. The van der Waals surface area contributed by atoms with Crippen molar-refractivity contribution in [1.29, 1.82) is 0 Å². The summed E-state index contributed by atoms with van der Waals surface area (Å²) in [6, 6.07) is 4.84. The summed E-state index contributed by atoms with van der Waals surface area (Å²) in [5, 5.41) is 1.64. The van der Waals surface area contributed by atoms with Crippen LogP contribution in [0, 0.1) is 0 Å². The second-order valence-corrected chi connectivity index (χ2v) is 4.21. The molecule has 0 saturated heterocycles. The van der Waals surface area contributed by atoms with Crippen LogP contribution in [0.3, 0.4) is 0 Å². The van der Waals surface area contributed by atoms with E-state index in [-0.39, 0.29) is 0 Å². The molecule has 0 saturated carbocycles. The highest BCUT2D eigenvalue weighted by Crippen LogP contribution is 2.30. The summed E-state index contributed by atoms with van der Waals surface area (Å²) in [5.74, 6) is 0. The van der Waals surface area contributed by atoms with Crippen molar-refractivity contribution >= 4 is 17.7 Å². The smallest absolute Gasteiger partial charge is 0.292 e. The number of aromatic nitrogens is 1. The third-order valence-corrected chi connectivity index (χ3v) is 2.97. The Hall–Kier alpha value is -1.89. The zero-order chi connectivity index (χ0) is 13.2. The molecule has 0 atom stereocenters. The lowest BCUT2D eigenvalue weighted by Gasteiger charge is -2.09. The van der Waals surface area contributed by atoms with Gasteiger partial charge in [-0.3, -0.25) is 9.36 Å². The molecule has 0 unspecified atom stereocenters. The molecule has 0 N–H and O–H groups in total. The van der Waals surface area contributed by atoms with E-state index < -0.39 is 11.7 Å². The van der Waals surface area contributed by atoms with Crippen LogP contribution in [0.4, 0.5) is 13.2 Å². The van der Waals surface area contributed by atoms with Crippen molar-refractivity contribution in [2.45, 2.75) is 6.18 Å². The van der Waals surface area contributed by atoms with Crippen LogP contribution in [-0.2, 0) is 11.0 Å². The number of amides is 1. The zero-order valence-electron chi connectivity index (χ0n) is 8.89. The van der Waals surface area contributed by atoms with E-state index in [1.165, 1.54) is 28.0 Å². The molecule has 2 aromatic rings. The van der Waals surface area contributed by atoms with E-state index in [1.807, 2.05) is 0 Å². The predicted octanol–water partition coefficient (Wildman–Crippen LogP) is 2.61. The summed E-state index contributed by atoms with van der Waals surface area (Å²) in [6.07, 6.45) is -2.48. The molecule has 1 amide bonds. The summed E-state index contributed by atoms with van der Waals surface area (Å²) in [5.41, 5.74) is -0.428. The molecule has 3 nitrogen and oxygen atoms in total. The van der Waals surface area contributed by atoms with Gasteiger partial charge in [0.15, 0.2) is 4.80 Å². The maximum Gasteiger partial charge on any atom is 0.416 e. The molecule has 0 spiro atoms. The monoisotopic (exact) mass is 272 g/mol. The van der Waals surface area contributed by atoms with Crippen LogP contribution in [0.2, 0.25) is 0 Å². The fourth-order valence-electron chi connectivity index (χ4n) is 1.44. The van der Waals surface area contributed by atoms with Crippen LogP contribution in [0.15, 0.2) is 40.8 Å². The molecular formula is C11H7F3N2OS.